The molecule has 0 fully saturated rings. The first-order valence-corrected chi connectivity index (χ1v) is 5.48. The molecule has 0 aliphatic rings. The fraction of sp³-hybridized carbons (Fsp3) is 0.333. The Kier molecular flexibility index (Phi) is 4.83. The van der Waals surface area contributed by atoms with Crippen molar-refractivity contribution in [3.8, 4) is 11.8 Å². The van der Waals surface area contributed by atoms with Gasteiger partial charge in [-0.3, -0.25) is 19.7 Å². The Bertz CT molecular complexity index is 621. The maximum Gasteiger partial charge on any atom is 0.337 e. The fourth-order valence-corrected chi connectivity index (χ4v) is 1.39. The van der Waals surface area contributed by atoms with Crippen LogP contribution in [0.5, 0.6) is 0 Å². The van der Waals surface area contributed by atoms with Gasteiger partial charge >= 0.3 is 17.2 Å². The zero-order valence-corrected chi connectivity index (χ0v) is 10.5. The van der Waals surface area contributed by atoms with Crippen molar-refractivity contribution in [2.24, 2.45) is 0 Å². The van der Waals surface area contributed by atoms with Crippen LogP contribution >= 0.6 is 0 Å². The quantitative estimate of drug-likeness (QED) is 0.378. The van der Waals surface area contributed by atoms with E-state index in [1.165, 1.54) is 13.1 Å². The molecule has 0 aliphatic carbocycles. The standard InChI is InChI=1S/C12H12N2O5/c1-3-19-10(15)6-4-5-9-7-13-12(16)11(8(9)2)14(17)18/h7H,3,6H2,1-2H3,(H,13,16). The molecule has 0 spiro atoms. The second-order valence-corrected chi connectivity index (χ2v) is 3.55. The summed E-state index contributed by atoms with van der Waals surface area (Å²) in [5, 5.41) is 10.7. The van der Waals surface area contributed by atoms with E-state index in [1.807, 2.05) is 0 Å². The van der Waals surface area contributed by atoms with E-state index in [0.717, 1.165) is 0 Å². The van der Waals surface area contributed by atoms with Gasteiger partial charge in [-0.15, -0.1) is 0 Å². The lowest BCUT2D eigenvalue weighted by atomic mass is 10.1. The maximum atomic E-state index is 11.3. The number of nitro groups is 1. The fourth-order valence-electron chi connectivity index (χ4n) is 1.39. The molecule has 0 atom stereocenters. The van der Waals surface area contributed by atoms with Gasteiger partial charge in [-0.05, 0) is 13.8 Å². The zero-order valence-electron chi connectivity index (χ0n) is 10.5. The first kappa shape index (κ1) is 14.4. The van der Waals surface area contributed by atoms with E-state index >= 15 is 0 Å². The van der Waals surface area contributed by atoms with E-state index in [-0.39, 0.29) is 18.6 Å². The van der Waals surface area contributed by atoms with Gasteiger partial charge in [0.1, 0.15) is 6.42 Å². The van der Waals surface area contributed by atoms with Crippen molar-refractivity contribution in [2.75, 3.05) is 6.61 Å². The second kappa shape index (κ2) is 6.35. The topological polar surface area (TPSA) is 102 Å². The van der Waals surface area contributed by atoms with Crippen molar-refractivity contribution < 1.29 is 14.5 Å². The summed E-state index contributed by atoms with van der Waals surface area (Å²) < 4.78 is 4.68. The lowest BCUT2D eigenvalue weighted by Crippen LogP contribution is -2.13. The van der Waals surface area contributed by atoms with Gasteiger partial charge in [-0.25, -0.2) is 0 Å². The minimum Gasteiger partial charge on any atom is -0.465 e. The van der Waals surface area contributed by atoms with Crippen molar-refractivity contribution in [3.05, 3.63) is 37.8 Å². The van der Waals surface area contributed by atoms with Gasteiger partial charge in [0.2, 0.25) is 0 Å². The zero-order chi connectivity index (χ0) is 14.4. The molecular formula is C12H12N2O5. The smallest absolute Gasteiger partial charge is 0.337 e. The number of hydrogen-bond donors (Lipinski definition) is 1. The molecule has 0 unspecified atom stereocenters. The molecule has 0 saturated heterocycles. The largest absolute Gasteiger partial charge is 0.465 e. The third-order valence-electron chi connectivity index (χ3n) is 2.27. The van der Waals surface area contributed by atoms with Gasteiger partial charge in [-0.2, -0.15) is 0 Å². The maximum absolute atomic E-state index is 11.3. The Balaban J connectivity index is 3.01. The average Bonchev–Trinajstić information content (AvgIpc) is 2.32. The van der Waals surface area contributed by atoms with Crippen LogP contribution in [-0.4, -0.2) is 22.5 Å². The van der Waals surface area contributed by atoms with Crippen molar-refractivity contribution in [1.29, 1.82) is 0 Å². The van der Waals surface area contributed by atoms with Gasteiger partial charge in [0, 0.05) is 11.8 Å². The summed E-state index contributed by atoms with van der Waals surface area (Å²) in [7, 11) is 0. The predicted octanol–water partition coefficient (Wildman–Crippen LogP) is 0.896. The molecule has 0 aliphatic heterocycles. The molecule has 0 bridgehead atoms. The Morgan fingerprint density at radius 3 is 2.84 bits per heavy atom. The van der Waals surface area contributed by atoms with Crippen LogP contribution in [0, 0.1) is 28.9 Å². The normalized spacial score (nSPS) is 9.37. The summed E-state index contributed by atoms with van der Waals surface area (Å²) in [4.78, 5) is 34.5. The van der Waals surface area contributed by atoms with Crippen LogP contribution in [0.2, 0.25) is 0 Å². The van der Waals surface area contributed by atoms with Gasteiger partial charge in [0.15, 0.2) is 0 Å². The molecule has 7 heteroatoms. The first-order chi connectivity index (χ1) is 8.97. The number of carbonyl (C=O) groups is 1. The van der Waals surface area contributed by atoms with Crippen LogP contribution in [0.15, 0.2) is 11.0 Å². The molecule has 100 valence electrons. The molecule has 0 amide bonds. The highest BCUT2D eigenvalue weighted by molar-refractivity contribution is 5.72. The molecule has 19 heavy (non-hydrogen) atoms. The number of hydrogen-bond acceptors (Lipinski definition) is 5. The minimum absolute atomic E-state index is 0.111. The van der Waals surface area contributed by atoms with Crippen LogP contribution in [0.4, 0.5) is 5.69 Å². The molecule has 1 aromatic heterocycles. The Hall–Kier alpha value is -2.62. The summed E-state index contributed by atoms with van der Waals surface area (Å²) in [5.41, 5.74) is -0.845. The lowest BCUT2D eigenvalue weighted by Gasteiger charge is -1.98. The highest BCUT2D eigenvalue weighted by Crippen LogP contribution is 2.14. The Labute approximate surface area is 108 Å². The average molecular weight is 264 g/mol. The number of nitrogens with one attached hydrogen (secondary N) is 1. The Morgan fingerprint density at radius 2 is 2.26 bits per heavy atom. The number of aromatic amines is 1. The van der Waals surface area contributed by atoms with E-state index in [2.05, 4.69) is 21.6 Å². The molecule has 1 rings (SSSR count). The molecule has 1 N–H and O–H groups in total. The summed E-state index contributed by atoms with van der Waals surface area (Å²) >= 11 is 0. The molecule has 7 nitrogen and oxygen atoms in total. The lowest BCUT2D eigenvalue weighted by molar-refractivity contribution is -0.386. The molecule has 1 aromatic rings. The number of rotatable bonds is 3. The number of pyridine rings is 1. The first-order valence-electron chi connectivity index (χ1n) is 5.48. The van der Waals surface area contributed by atoms with E-state index in [9.17, 15) is 19.7 Å². The highest BCUT2D eigenvalue weighted by atomic mass is 16.6. The number of H-pyrrole nitrogens is 1. The number of nitrogens with zero attached hydrogens (tertiary/aromatic N) is 1. The Morgan fingerprint density at radius 1 is 1.58 bits per heavy atom. The van der Waals surface area contributed by atoms with E-state index < -0.39 is 22.1 Å². The number of aromatic nitrogens is 1. The molecule has 0 radical (unpaired) electrons. The summed E-state index contributed by atoms with van der Waals surface area (Å²) in [6.45, 7) is 3.38. The van der Waals surface area contributed by atoms with Crippen LogP contribution < -0.4 is 5.56 Å². The van der Waals surface area contributed by atoms with Crippen molar-refractivity contribution in [3.63, 3.8) is 0 Å². The highest BCUT2D eigenvalue weighted by Gasteiger charge is 2.18. The van der Waals surface area contributed by atoms with Gasteiger partial charge in [0.25, 0.3) is 0 Å². The van der Waals surface area contributed by atoms with Crippen LogP contribution in [0.25, 0.3) is 0 Å². The van der Waals surface area contributed by atoms with E-state index in [1.54, 1.807) is 6.92 Å². The number of ether oxygens (including phenoxy) is 1. The summed E-state index contributed by atoms with van der Waals surface area (Å²) in [6, 6.07) is 0. The molecule has 0 aromatic carbocycles. The molecule has 0 saturated carbocycles. The SMILES string of the molecule is CCOC(=O)CC#Cc1c[nH]c(=O)c([N+](=O)[O-])c1C. The van der Waals surface area contributed by atoms with Crippen molar-refractivity contribution >= 4 is 11.7 Å². The van der Waals surface area contributed by atoms with Gasteiger partial charge in [-0.1, -0.05) is 11.8 Å². The van der Waals surface area contributed by atoms with Crippen LogP contribution in [-0.2, 0) is 9.53 Å². The predicted molar refractivity (Wildman–Crippen MR) is 66.6 cm³/mol. The molecule has 1 heterocycles. The van der Waals surface area contributed by atoms with Gasteiger partial charge in [0.05, 0.1) is 17.1 Å². The number of esters is 1. The van der Waals surface area contributed by atoms with E-state index in [0.29, 0.717) is 5.56 Å². The van der Waals surface area contributed by atoms with Crippen molar-refractivity contribution in [1.82, 2.24) is 4.98 Å². The molecular weight excluding hydrogens is 252 g/mol. The van der Waals surface area contributed by atoms with Crippen LogP contribution in [0.1, 0.15) is 24.5 Å². The third-order valence-corrected chi connectivity index (χ3v) is 2.27. The number of carbonyl (C=O) groups excluding carboxylic acids is 1. The van der Waals surface area contributed by atoms with Crippen LogP contribution in [0.3, 0.4) is 0 Å². The monoisotopic (exact) mass is 264 g/mol. The summed E-state index contributed by atoms with van der Waals surface area (Å²) in [5.74, 6) is 4.68. The van der Waals surface area contributed by atoms with Crippen molar-refractivity contribution in [2.45, 2.75) is 20.3 Å². The van der Waals surface area contributed by atoms with E-state index in [4.69, 9.17) is 0 Å². The van der Waals surface area contributed by atoms with Gasteiger partial charge < -0.3 is 9.72 Å². The summed E-state index contributed by atoms with van der Waals surface area (Å²) in [6.07, 6.45) is 1.17. The third kappa shape index (κ3) is 3.67. The second-order valence-electron chi connectivity index (χ2n) is 3.55. The minimum atomic E-state index is -0.779.